The van der Waals surface area contributed by atoms with Crippen molar-refractivity contribution in [3.8, 4) is 0 Å². The van der Waals surface area contributed by atoms with Gasteiger partial charge in [0.25, 0.3) is 5.91 Å². The third-order valence-corrected chi connectivity index (χ3v) is 8.16. The Morgan fingerprint density at radius 3 is 2.61 bits per heavy atom. The van der Waals surface area contributed by atoms with Gasteiger partial charge in [-0.25, -0.2) is 4.79 Å². The zero-order chi connectivity index (χ0) is 26.9. The molecule has 4 rings (SSSR count). The zero-order valence-electron chi connectivity index (χ0n) is 22.0. The lowest BCUT2D eigenvalue weighted by molar-refractivity contribution is -0.116. The Labute approximate surface area is 233 Å². The van der Waals surface area contributed by atoms with Gasteiger partial charge in [-0.2, -0.15) is 0 Å². The topological polar surface area (TPSA) is 91.0 Å². The van der Waals surface area contributed by atoms with E-state index in [0.717, 1.165) is 56.6 Å². The van der Waals surface area contributed by atoms with Gasteiger partial charge in [0.15, 0.2) is 0 Å². The average molecular weight is 561 g/mol. The number of hydrogen-bond acceptors (Lipinski definition) is 6. The van der Waals surface area contributed by atoms with Crippen molar-refractivity contribution in [1.82, 2.24) is 5.32 Å². The molecule has 2 aliphatic heterocycles. The summed E-state index contributed by atoms with van der Waals surface area (Å²) in [6.07, 6.45) is 8.43. The number of unbranched alkanes of at least 4 members (excludes halogenated alkanes) is 4. The number of hydrogen-bond donors (Lipinski definition) is 2. The van der Waals surface area contributed by atoms with Crippen molar-refractivity contribution in [3.05, 3.63) is 39.5 Å². The Balaban J connectivity index is 1.41. The summed E-state index contributed by atoms with van der Waals surface area (Å²) in [4.78, 5) is 42.3. The highest BCUT2D eigenvalue weighted by molar-refractivity contribution is 7.18. The molecule has 1 unspecified atom stereocenters. The van der Waals surface area contributed by atoms with Gasteiger partial charge in [0.1, 0.15) is 6.10 Å². The molecule has 0 saturated carbocycles. The van der Waals surface area contributed by atoms with Crippen molar-refractivity contribution < 1.29 is 19.1 Å². The van der Waals surface area contributed by atoms with Crippen LogP contribution in [-0.4, -0.2) is 50.2 Å². The lowest BCUT2D eigenvalue weighted by Crippen LogP contribution is -2.34. The monoisotopic (exact) mass is 560 g/mol. The van der Waals surface area contributed by atoms with Crippen molar-refractivity contribution >= 4 is 57.9 Å². The van der Waals surface area contributed by atoms with Crippen LogP contribution in [0.15, 0.2) is 30.3 Å². The van der Waals surface area contributed by atoms with E-state index < -0.39 is 12.2 Å². The molecular weight excluding hydrogens is 524 g/mol. The molecule has 2 fully saturated rings. The first kappa shape index (κ1) is 28.2. The molecule has 3 heterocycles. The van der Waals surface area contributed by atoms with Crippen LogP contribution in [0, 0.1) is 0 Å². The Hall–Kier alpha value is -2.78. The van der Waals surface area contributed by atoms with Crippen LogP contribution < -0.4 is 20.4 Å². The molecule has 2 saturated heterocycles. The van der Waals surface area contributed by atoms with Crippen LogP contribution >= 0.6 is 22.9 Å². The van der Waals surface area contributed by atoms with Gasteiger partial charge in [-0.1, -0.05) is 44.2 Å². The maximum atomic E-state index is 12.8. The predicted octanol–water partition coefficient (Wildman–Crippen LogP) is 6.45. The Kier molecular flexibility index (Phi) is 10.3. The number of halogens is 1. The first-order valence-electron chi connectivity index (χ1n) is 13.6. The highest BCUT2D eigenvalue weighted by Crippen LogP contribution is 2.34. The summed E-state index contributed by atoms with van der Waals surface area (Å²) < 4.78 is 6.07. The summed E-state index contributed by atoms with van der Waals surface area (Å²) in [6, 6.07) is 9.10. The number of nitrogens with one attached hydrogen (secondary N) is 2. The fourth-order valence-corrected chi connectivity index (χ4v) is 5.83. The standard InChI is InChI=1S/C28H37ClN4O4S/c1-2-3-4-5-7-10-26(34)31-22-17-20(11-12-23(22)32-15-8-6-9-16-32)33-19-21(37-28(33)36)18-30-27(35)24-13-14-25(29)38-24/h11-14,17,21H,2-10,15-16,18-19H2,1H3,(H,30,35)(H,31,34). The van der Waals surface area contributed by atoms with E-state index in [1.54, 1.807) is 17.0 Å². The fraction of sp³-hybridized carbons (Fsp3) is 0.536. The quantitative estimate of drug-likeness (QED) is 0.291. The third-order valence-electron chi connectivity index (χ3n) is 6.93. The summed E-state index contributed by atoms with van der Waals surface area (Å²) in [5, 5.41) is 5.94. The molecule has 1 aromatic heterocycles. The van der Waals surface area contributed by atoms with E-state index in [0.29, 0.717) is 27.9 Å². The van der Waals surface area contributed by atoms with Crippen molar-refractivity contribution in [2.45, 2.75) is 70.8 Å². The van der Waals surface area contributed by atoms with Crippen LogP contribution in [-0.2, 0) is 9.53 Å². The minimum absolute atomic E-state index is 0.00447. The van der Waals surface area contributed by atoms with Gasteiger partial charge in [0, 0.05) is 25.2 Å². The number of piperidine rings is 1. The largest absolute Gasteiger partial charge is 0.442 e. The number of anilines is 3. The van der Waals surface area contributed by atoms with Crippen molar-refractivity contribution in [2.75, 3.05) is 41.3 Å². The van der Waals surface area contributed by atoms with Crippen molar-refractivity contribution in [2.24, 2.45) is 0 Å². The number of nitrogens with zero attached hydrogens (tertiary/aromatic N) is 2. The second-order valence-electron chi connectivity index (χ2n) is 9.89. The number of cyclic esters (lactones) is 1. The van der Waals surface area contributed by atoms with E-state index in [2.05, 4.69) is 22.5 Å². The maximum absolute atomic E-state index is 12.8. The predicted molar refractivity (Wildman–Crippen MR) is 154 cm³/mol. The second kappa shape index (κ2) is 13.8. The number of amides is 3. The molecule has 1 atom stereocenters. The smallest absolute Gasteiger partial charge is 0.414 e. The molecule has 2 aliphatic rings. The number of ether oxygens (including phenoxy) is 1. The van der Waals surface area contributed by atoms with Crippen LogP contribution in [0.1, 0.15) is 74.4 Å². The molecule has 3 amide bonds. The van der Waals surface area contributed by atoms with Crippen LogP contribution in [0.2, 0.25) is 4.34 Å². The van der Waals surface area contributed by atoms with E-state index in [1.165, 1.54) is 30.6 Å². The van der Waals surface area contributed by atoms with E-state index in [1.807, 2.05) is 18.2 Å². The average Bonchev–Trinajstić information content (AvgIpc) is 3.53. The minimum Gasteiger partial charge on any atom is -0.442 e. The van der Waals surface area contributed by atoms with Gasteiger partial charge in [0.2, 0.25) is 5.91 Å². The Bertz CT molecular complexity index is 1120. The van der Waals surface area contributed by atoms with E-state index in [9.17, 15) is 14.4 Å². The summed E-state index contributed by atoms with van der Waals surface area (Å²) >= 11 is 7.12. The van der Waals surface area contributed by atoms with Crippen LogP contribution in [0.25, 0.3) is 0 Å². The molecule has 0 spiro atoms. The molecule has 0 bridgehead atoms. The molecule has 1 aromatic carbocycles. The summed E-state index contributed by atoms with van der Waals surface area (Å²) in [5.41, 5.74) is 2.37. The first-order valence-corrected chi connectivity index (χ1v) is 14.8. The normalized spacial score (nSPS) is 17.4. The van der Waals surface area contributed by atoms with Crippen LogP contribution in [0.5, 0.6) is 0 Å². The lowest BCUT2D eigenvalue weighted by Gasteiger charge is -2.31. The third kappa shape index (κ3) is 7.63. The van der Waals surface area contributed by atoms with Gasteiger partial charge in [-0.3, -0.25) is 14.5 Å². The molecular formula is C28H37ClN4O4S. The van der Waals surface area contributed by atoms with Crippen molar-refractivity contribution in [1.29, 1.82) is 0 Å². The van der Waals surface area contributed by atoms with Gasteiger partial charge >= 0.3 is 6.09 Å². The van der Waals surface area contributed by atoms with Gasteiger partial charge in [-0.15, -0.1) is 11.3 Å². The molecule has 8 nitrogen and oxygen atoms in total. The summed E-state index contributed by atoms with van der Waals surface area (Å²) in [7, 11) is 0. The van der Waals surface area contributed by atoms with E-state index in [-0.39, 0.29) is 18.4 Å². The molecule has 206 valence electrons. The molecule has 38 heavy (non-hydrogen) atoms. The van der Waals surface area contributed by atoms with Crippen molar-refractivity contribution in [3.63, 3.8) is 0 Å². The highest BCUT2D eigenvalue weighted by atomic mass is 35.5. The molecule has 0 aliphatic carbocycles. The minimum atomic E-state index is -0.482. The highest BCUT2D eigenvalue weighted by Gasteiger charge is 2.33. The molecule has 0 radical (unpaired) electrons. The molecule has 2 N–H and O–H groups in total. The second-order valence-corrected chi connectivity index (χ2v) is 11.6. The molecule has 10 heteroatoms. The van der Waals surface area contributed by atoms with E-state index in [4.69, 9.17) is 16.3 Å². The number of carbonyl (C=O) groups is 3. The maximum Gasteiger partial charge on any atom is 0.414 e. The SMILES string of the molecule is CCCCCCCC(=O)Nc1cc(N2CC(CNC(=O)c3ccc(Cl)s3)OC2=O)ccc1N1CCCCC1. The summed E-state index contributed by atoms with van der Waals surface area (Å²) in [5.74, 6) is -0.253. The van der Waals surface area contributed by atoms with E-state index >= 15 is 0 Å². The summed E-state index contributed by atoms with van der Waals surface area (Å²) in [6.45, 7) is 4.57. The lowest BCUT2D eigenvalue weighted by atomic mass is 10.1. The van der Waals surface area contributed by atoms with Gasteiger partial charge in [-0.05, 0) is 56.0 Å². The van der Waals surface area contributed by atoms with Crippen LogP contribution in [0.4, 0.5) is 21.9 Å². The Morgan fingerprint density at radius 1 is 1.08 bits per heavy atom. The molecule has 2 aromatic rings. The zero-order valence-corrected chi connectivity index (χ0v) is 23.5. The Morgan fingerprint density at radius 2 is 1.87 bits per heavy atom. The number of carbonyl (C=O) groups excluding carboxylic acids is 3. The number of rotatable bonds is 12. The number of thiophene rings is 1. The van der Waals surface area contributed by atoms with Gasteiger partial charge < -0.3 is 20.3 Å². The van der Waals surface area contributed by atoms with Crippen LogP contribution in [0.3, 0.4) is 0 Å². The first-order chi connectivity index (χ1) is 18.4. The fourth-order valence-electron chi connectivity index (χ4n) is 4.87. The number of benzene rings is 1. The van der Waals surface area contributed by atoms with Gasteiger partial charge in [0.05, 0.1) is 33.7 Å².